The first-order chi connectivity index (χ1) is 13.4. The quantitative estimate of drug-likeness (QED) is 0.711. The van der Waals surface area contributed by atoms with Crippen LogP contribution >= 0.6 is 0 Å². The van der Waals surface area contributed by atoms with Crippen LogP contribution in [0.2, 0.25) is 0 Å². The van der Waals surface area contributed by atoms with E-state index in [9.17, 15) is 0 Å². The summed E-state index contributed by atoms with van der Waals surface area (Å²) < 4.78 is 0. The molecule has 2 aliphatic rings. The van der Waals surface area contributed by atoms with E-state index < -0.39 is 0 Å². The van der Waals surface area contributed by atoms with E-state index in [2.05, 4.69) is 63.3 Å². The molecule has 0 radical (unpaired) electrons. The lowest BCUT2D eigenvalue weighted by Gasteiger charge is -2.38. The number of pyridine rings is 2. The molecular formula is C23H22N4. The summed E-state index contributed by atoms with van der Waals surface area (Å²) in [6, 6.07) is 15.0. The van der Waals surface area contributed by atoms with Gasteiger partial charge in [0.25, 0.3) is 0 Å². The minimum absolute atomic E-state index is 0.992. The minimum Gasteiger partial charge on any atom is -0.368 e. The van der Waals surface area contributed by atoms with E-state index in [0.29, 0.717) is 0 Å². The molecule has 1 aliphatic heterocycles. The van der Waals surface area contributed by atoms with E-state index in [1.165, 1.54) is 28.1 Å². The second kappa shape index (κ2) is 6.88. The summed E-state index contributed by atoms with van der Waals surface area (Å²) in [5.41, 5.74) is 7.55. The van der Waals surface area contributed by atoms with Crippen molar-refractivity contribution in [1.82, 2.24) is 9.97 Å². The fourth-order valence-electron chi connectivity index (χ4n) is 4.12. The van der Waals surface area contributed by atoms with E-state index in [1.807, 2.05) is 24.7 Å². The van der Waals surface area contributed by atoms with Gasteiger partial charge >= 0.3 is 0 Å². The van der Waals surface area contributed by atoms with Crippen LogP contribution in [0.3, 0.4) is 0 Å². The van der Waals surface area contributed by atoms with Crippen LogP contribution < -0.4 is 9.80 Å². The molecule has 0 spiro atoms. The first kappa shape index (κ1) is 16.1. The lowest BCUT2D eigenvalue weighted by Crippen LogP contribution is -2.46. The lowest BCUT2D eigenvalue weighted by molar-refractivity contribution is 0.653. The van der Waals surface area contributed by atoms with Gasteiger partial charge in [-0.3, -0.25) is 9.97 Å². The van der Waals surface area contributed by atoms with Gasteiger partial charge in [0.1, 0.15) is 0 Å². The summed E-state index contributed by atoms with van der Waals surface area (Å²) in [5, 5.41) is 0. The zero-order chi connectivity index (χ0) is 18.1. The van der Waals surface area contributed by atoms with Crippen molar-refractivity contribution in [2.24, 2.45) is 0 Å². The number of aromatic nitrogens is 2. The number of anilines is 2. The maximum absolute atomic E-state index is 4.78. The van der Waals surface area contributed by atoms with E-state index >= 15 is 0 Å². The van der Waals surface area contributed by atoms with Crippen LogP contribution in [-0.2, 0) is 6.42 Å². The summed E-state index contributed by atoms with van der Waals surface area (Å²) in [6.07, 6.45) is 11.1. The number of nitrogens with zero attached hydrogens (tertiary/aromatic N) is 4. The van der Waals surface area contributed by atoms with Gasteiger partial charge in [-0.1, -0.05) is 30.4 Å². The molecular weight excluding hydrogens is 332 g/mol. The van der Waals surface area contributed by atoms with Gasteiger partial charge in [0.2, 0.25) is 0 Å². The van der Waals surface area contributed by atoms with E-state index in [4.69, 9.17) is 4.98 Å². The number of hydrogen-bond acceptors (Lipinski definition) is 4. The van der Waals surface area contributed by atoms with Crippen molar-refractivity contribution >= 4 is 17.5 Å². The van der Waals surface area contributed by atoms with Gasteiger partial charge in [-0.25, -0.2) is 0 Å². The Kier molecular flexibility index (Phi) is 4.09. The predicted molar refractivity (Wildman–Crippen MR) is 111 cm³/mol. The number of allylic oxidation sites excluding steroid dienone is 1. The first-order valence-corrected chi connectivity index (χ1v) is 9.54. The highest BCUT2D eigenvalue weighted by atomic mass is 15.3. The molecule has 1 aliphatic carbocycles. The Bertz CT molecular complexity index is 973. The predicted octanol–water partition coefficient (Wildman–Crippen LogP) is 4.04. The van der Waals surface area contributed by atoms with E-state index in [0.717, 1.165) is 38.3 Å². The highest BCUT2D eigenvalue weighted by Gasteiger charge is 2.22. The average molecular weight is 354 g/mol. The van der Waals surface area contributed by atoms with Crippen molar-refractivity contribution in [2.45, 2.75) is 6.42 Å². The highest BCUT2D eigenvalue weighted by molar-refractivity contribution is 5.84. The summed E-state index contributed by atoms with van der Waals surface area (Å²) in [7, 11) is 0. The largest absolute Gasteiger partial charge is 0.368 e. The van der Waals surface area contributed by atoms with Gasteiger partial charge in [0, 0.05) is 56.0 Å². The van der Waals surface area contributed by atoms with Crippen LogP contribution in [0.25, 0.3) is 17.3 Å². The molecule has 1 fully saturated rings. The van der Waals surface area contributed by atoms with Gasteiger partial charge in [-0.15, -0.1) is 0 Å². The van der Waals surface area contributed by atoms with Crippen molar-refractivity contribution < 1.29 is 0 Å². The fraction of sp³-hybridized carbons (Fsp3) is 0.217. The molecule has 0 bridgehead atoms. The van der Waals surface area contributed by atoms with Crippen LogP contribution in [0.15, 0.2) is 67.1 Å². The third kappa shape index (κ3) is 2.97. The smallest absolute Gasteiger partial charge is 0.0941 e. The third-order valence-corrected chi connectivity index (χ3v) is 5.51. The van der Waals surface area contributed by atoms with Gasteiger partial charge in [0.05, 0.1) is 11.4 Å². The van der Waals surface area contributed by atoms with Gasteiger partial charge in [0.15, 0.2) is 0 Å². The molecule has 3 heterocycles. The normalized spacial score (nSPS) is 15.9. The van der Waals surface area contributed by atoms with Gasteiger partial charge < -0.3 is 9.80 Å². The monoisotopic (exact) mass is 354 g/mol. The van der Waals surface area contributed by atoms with Gasteiger partial charge in [-0.2, -0.15) is 0 Å². The number of rotatable bonds is 3. The summed E-state index contributed by atoms with van der Waals surface area (Å²) in [5.74, 6) is 0. The molecule has 5 rings (SSSR count). The average Bonchev–Trinajstić information content (AvgIpc) is 3.24. The van der Waals surface area contributed by atoms with Crippen molar-refractivity contribution in [3.8, 4) is 11.3 Å². The summed E-state index contributed by atoms with van der Waals surface area (Å²) in [4.78, 5) is 13.8. The Morgan fingerprint density at radius 1 is 0.778 bits per heavy atom. The molecule has 1 aromatic carbocycles. The molecule has 134 valence electrons. The Morgan fingerprint density at radius 3 is 2.44 bits per heavy atom. The second-order valence-corrected chi connectivity index (χ2v) is 7.04. The highest BCUT2D eigenvalue weighted by Crippen LogP contribution is 2.35. The molecule has 4 nitrogen and oxygen atoms in total. The molecule has 2 aromatic heterocycles. The number of hydrogen-bond donors (Lipinski definition) is 0. The lowest BCUT2D eigenvalue weighted by atomic mass is 9.99. The zero-order valence-corrected chi connectivity index (χ0v) is 15.3. The first-order valence-electron chi connectivity index (χ1n) is 9.54. The molecule has 0 saturated carbocycles. The maximum atomic E-state index is 4.78. The van der Waals surface area contributed by atoms with Crippen molar-refractivity contribution in [3.63, 3.8) is 0 Å². The maximum Gasteiger partial charge on any atom is 0.0941 e. The summed E-state index contributed by atoms with van der Waals surface area (Å²) >= 11 is 0. The van der Waals surface area contributed by atoms with Gasteiger partial charge in [-0.05, 0) is 41.8 Å². The minimum atomic E-state index is 0.992. The third-order valence-electron chi connectivity index (χ3n) is 5.51. The Balaban J connectivity index is 1.43. The van der Waals surface area contributed by atoms with E-state index in [1.54, 1.807) is 0 Å². The molecule has 4 heteroatoms. The SMILES string of the molecule is C1=Cc2c(cccc2-c2ncccc2N2CCN(c3ccncc3)CC2)C1. The second-order valence-electron chi connectivity index (χ2n) is 7.04. The van der Waals surface area contributed by atoms with Crippen molar-refractivity contribution in [1.29, 1.82) is 0 Å². The molecule has 0 atom stereocenters. The Hall–Kier alpha value is -3.14. The van der Waals surface area contributed by atoms with Crippen LogP contribution in [0.4, 0.5) is 11.4 Å². The van der Waals surface area contributed by atoms with Crippen molar-refractivity contribution in [2.75, 3.05) is 36.0 Å². The molecule has 3 aromatic rings. The molecule has 0 amide bonds. The number of piperazine rings is 1. The van der Waals surface area contributed by atoms with Crippen molar-refractivity contribution in [3.05, 3.63) is 78.3 Å². The summed E-state index contributed by atoms with van der Waals surface area (Å²) in [6.45, 7) is 3.99. The molecule has 0 N–H and O–H groups in total. The van der Waals surface area contributed by atoms with Crippen LogP contribution in [0.1, 0.15) is 11.1 Å². The molecule has 27 heavy (non-hydrogen) atoms. The number of fused-ring (bicyclic) bond motifs is 1. The number of benzene rings is 1. The van der Waals surface area contributed by atoms with E-state index in [-0.39, 0.29) is 0 Å². The fourth-order valence-corrected chi connectivity index (χ4v) is 4.12. The van der Waals surface area contributed by atoms with Crippen LogP contribution in [-0.4, -0.2) is 36.1 Å². The Labute approximate surface area is 159 Å². The standard InChI is InChI=1S/C23H22N4/c1-4-18-5-2-7-21(20(18)6-1)23-22(8-3-11-25-23)27-16-14-26(15-17-27)19-9-12-24-13-10-19/h1-3,5-13H,4,14-17H2. The zero-order valence-electron chi connectivity index (χ0n) is 15.3. The molecule has 0 unspecified atom stereocenters. The molecule has 1 saturated heterocycles. The van der Waals surface area contributed by atoms with Crippen LogP contribution in [0, 0.1) is 0 Å². The topological polar surface area (TPSA) is 32.3 Å². The van der Waals surface area contributed by atoms with Crippen LogP contribution in [0.5, 0.6) is 0 Å². The Morgan fingerprint density at radius 2 is 1.59 bits per heavy atom.